The zero-order valence-corrected chi connectivity index (χ0v) is 10.4. The molecule has 0 spiro atoms. The topological polar surface area (TPSA) is 17.8 Å². The van der Waals surface area contributed by atoms with Crippen molar-refractivity contribution in [2.75, 3.05) is 0 Å². The Morgan fingerprint density at radius 3 is 2.12 bits per heavy atom. The van der Waals surface area contributed by atoms with Gasteiger partial charge in [0.2, 0.25) is 0 Å². The average molecular weight is 255 g/mol. The third-order valence-electron chi connectivity index (χ3n) is 2.04. The Kier molecular flexibility index (Phi) is 3.29. The predicted octanol–water partition coefficient (Wildman–Crippen LogP) is 3.68. The molecule has 0 fully saturated rings. The molecule has 0 aromatic carbocycles. The van der Waals surface area contributed by atoms with Crippen LogP contribution in [0.1, 0.15) is 32.0 Å². The van der Waals surface area contributed by atoms with Crippen LogP contribution in [-0.2, 0) is 19.6 Å². The second-order valence-electron chi connectivity index (χ2n) is 4.98. The maximum Gasteiger partial charge on any atom is 0.435 e. The fourth-order valence-corrected chi connectivity index (χ4v) is 1.66. The molecule has 1 aromatic rings. The number of halogens is 4. The molecule has 0 atom stereocenters. The van der Waals surface area contributed by atoms with Crippen molar-refractivity contribution in [1.29, 1.82) is 0 Å². The molecule has 0 aliphatic rings. The van der Waals surface area contributed by atoms with Crippen molar-refractivity contribution in [2.24, 2.45) is 12.5 Å². The Morgan fingerprint density at radius 1 is 1.25 bits per heavy atom. The van der Waals surface area contributed by atoms with Crippen LogP contribution in [0.4, 0.5) is 13.2 Å². The van der Waals surface area contributed by atoms with Gasteiger partial charge < -0.3 is 0 Å². The smallest absolute Gasteiger partial charge is 0.256 e. The minimum absolute atomic E-state index is 0.0576. The van der Waals surface area contributed by atoms with Gasteiger partial charge in [-0.05, 0) is 11.8 Å². The van der Waals surface area contributed by atoms with Crippen LogP contribution in [0.5, 0.6) is 0 Å². The zero-order chi connectivity index (χ0) is 12.7. The van der Waals surface area contributed by atoms with Crippen LogP contribution in [0, 0.1) is 5.41 Å². The van der Waals surface area contributed by atoms with E-state index in [1.54, 1.807) is 0 Å². The summed E-state index contributed by atoms with van der Waals surface area (Å²) in [7, 11) is 1.41. The third kappa shape index (κ3) is 2.90. The third-order valence-corrected chi connectivity index (χ3v) is 2.52. The Bertz CT molecular complexity index is 388. The van der Waals surface area contributed by atoms with Crippen molar-refractivity contribution in [3.63, 3.8) is 0 Å². The summed E-state index contributed by atoms with van der Waals surface area (Å²) >= 11 is 5.83. The first kappa shape index (κ1) is 13.4. The molecular formula is C10H14ClF3N2. The summed E-state index contributed by atoms with van der Waals surface area (Å²) in [6, 6.07) is 0. The summed E-state index contributed by atoms with van der Waals surface area (Å²) in [6.45, 7) is 5.57. The maximum atomic E-state index is 12.7. The molecule has 1 rings (SSSR count). The highest BCUT2D eigenvalue weighted by atomic mass is 35.5. The summed E-state index contributed by atoms with van der Waals surface area (Å²) in [6.07, 6.45) is -4.21. The molecule has 2 nitrogen and oxygen atoms in total. The largest absolute Gasteiger partial charge is 0.435 e. The van der Waals surface area contributed by atoms with Gasteiger partial charge in [0.25, 0.3) is 0 Å². The van der Waals surface area contributed by atoms with Crippen LogP contribution in [0.2, 0.25) is 5.15 Å². The van der Waals surface area contributed by atoms with E-state index in [-0.39, 0.29) is 22.6 Å². The molecule has 1 heterocycles. The van der Waals surface area contributed by atoms with Crippen LogP contribution >= 0.6 is 11.6 Å². The molecule has 0 bridgehead atoms. The highest BCUT2D eigenvalue weighted by Gasteiger charge is 2.39. The van der Waals surface area contributed by atoms with Crippen molar-refractivity contribution in [3.05, 3.63) is 16.4 Å². The van der Waals surface area contributed by atoms with Gasteiger partial charge in [-0.2, -0.15) is 18.3 Å². The van der Waals surface area contributed by atoms with Gasteiger partial charge in [-0.15, -0.1) is 0 Å². The van der Waals surface area contributed by atoms with Gasteiger partial charge in [0.1, 0.15) is 5.15 Å². The highest BCUT2D eigenvalue weighted by molar-refractivity contribution is 6.30. The monoisotopic (exact) mass is 254 g/mol. The molecular weight excluding hydrogens is 241 g/mol. The van der Waals surface area contributed by atoms with Gasteiger partial charge in [0, 0.05) is 12.6 Å². The molecule has 0 N–H and O–H groups in total. The summed E-state index contributed by atoms with van der Waals surface area (Å²) in [4.78, 5) is 0. The van der Waals surface area contributed by atoms with E-state index in [0.717, 1.165) is 4.68 Å². The second-order valence-corrected chi connectivity index (χ2v) is 5.33. The van der Waals surface area contributed by atoms with Gasteiger partial charge in [0.05, 0.1) is 0 Å². The van der Waals surface area contributed by atoms with Crippen LogP contribution in [0.3, 0.4) is 0 Å². The Labute approximate surface area is 97.4 Å². The first-order chi connectivity index (χ1) is 7.02. The fourth-order valence-electron chi connectivity index (χ4n) is 1.46. The Balaban J connectivity index is 3.25. The molecule has 16 heavy (non-hydrogen) atoms. The molecule has 1 aromatic heterocycles. The van der Waals surface area contributed by atoms with Gasteiger partial charge in [-0.25, -0.2) is 0 Å². The number of hydrogen-bond donors (Lipinski definition) is 0. The van der Waals surface area contributed by atoms with E-state index in [2.05, 4.69) is 5.10 Å². The van der Waals surface area contributed by atoms with Gasteiger partial charge in [0.15, 0.2) is 5.69 Å². The lowest BCUT2D eigenvalue weighted by atomic mass is 9.88. The molecule has 0 saturated heterocycles. The Hall–Kier alpha value is -0.710. The minimum atomic E-state index is -4.45. The molecule has 6 heteroatoms. The number of nitrogens with zero attached hydrogens (tertiary/aromatic N) is 2. The summed E-state index contributed by atoms with van der Waals surface area (Å²) < 4.78 is 39.1. The van der Waals surface area contributed by atoms with E-state index < -0.39 is 11.9 Å². The van der Waals surface area contributed by atoms with Crippen LogP contribution < -0.4 is 0 Å². The number of rotatable bonds is 1. The van der Waals surface area contributed by atoms with Crippen molar-refractivity contribution in [1.82, 2.24) is 9.78 Å². The normalized spacial score (nSPS) is 13.2. The molecule has 0 unspecified atom stereocenters. The van der Waals surface area contributed by atoms with Crippen LogP contribution in [0.15, 0.2) is 0 Å². The lowest BCUT2D eigenvalue weighted by molar-refractivity contribution is -0.142. The number of alkyl halides is 3. The lowest BCUT2D eigenvalue weighted by Crippen LogP contribution is -2.15. The lowest BCUT2D eigenvalue weighted by Gasteiger charge is -2.18. The van der Waals surface area contributed by atoms with E-state index in [4.69, 9.17) is 11.6 Å². The average Bonchev–Trinajstić information content (AvgIpc) is 2.28. The zero-order valence-electron chi connectivity index (χ0n) is 9.61. The van der Waals surface area contributed by atoms with Crippen LogP contribution in [0.25, 0.3) is 0 Å². The molecule has 0 radical (unpaired) electrons. The molecule has 0 saturated carbocycles. The van der Waals surface area contributed by atoms with E-state index in [0.29, 0.717) is 0 Å². The molecule has 0 amide bonds. The van der Waals surface area contributed by atoms with Gasteiger partial charge in [-0.3, -0.25) is 4.68 Å². The number of aryl methyl sites for hydroxylation is 1. The van der Waals surface area contributed by atoms with E-state index in [9.17, 15) is 13.2 Å². The minimum Gasteiger partial charge on any atom is -0.256 e. The number of hydrogen-bond acceptors (Lipinski definition) is 1. The van der Waals surface area contributed by atoms with Gasteiger partial charge in [-0.1, -0.05) is 32.4 Å². The molecule has 92 valence electrons. The first-order valence-electron chi connectivity index (χ1n) is 4.81. The highest BCUT2D eigenvalue weighted by Crippen LogP contribution is 2.37. The second kappa shape index (κ2) is 3.95. The SMILES string of the molecule is Cn1nc(C(F)(F)F)c(CC(C)(C)C)c1Cl. The summed E-state index contributed by atoms with van der Waals surface area (Å²) in [5.74, 6) is 0. The van der Waals surface area contributed by atoms with E-state index in [1.807, 2.05) is 20.8 Å². The van der Waals surface area contributed by atoms with Gasteiger partial charge >= 0.3 is 6.18 Å². The molecule has 0 aliphatic heterocycles. The first-order valence-corrected chi connectivity index (χ1v) is 5.19. The van der Waals surface area contributed by atoms with Crippen molar-refractivity contribution >= 4 is 11.6 Å². The Morgan fingerprint density at radius 2 is 1.75 bits per heavy atom. The maximum absolute atomic E-state index is 12.7. The van der Waals surface area contributed by atoms with Crippen LogP contribution in [-0.4, -0.2) is 9.78 Å². The quantitative estimate of drug-likeness (QED) is 0.748. The standard InChI is InChI=1S/C10H14ClF3N2/c1-9(2,3)5-6-7(10(12,13)14)15-16(4)8(6)11/h5H2,1-4H3. The fraction of sp³-hybridized carbons (Fsp3) is 0.700. The molecule has 0 aliphatic carbocycles. The van der Waals surface area contributed by atoms with E-state index in [1.165, 1.54) is 7.05 Å². The number of aromatic nitrogens is 2. The summed E-state index contributed by atoms with van der Waals surface area (Å²) in [5.41, 5.74) is -1.08. The van der Waals surface area contributed by atoms with E-state index >= 15 is 0 Å². The van der Waals surface area contributed by atoms with Crippen molar-refractivity contribution in [2.45, 2.75) is 33.4 Å². The van der Waals surface area contributed by atoms with Crippen molar-refractivity contribution < 1.29 is 13.2 Å². The van der Waals surface area contributed by atoms with Crippen molar-refractivity contribution in [3.8, 4) is 0 Å². The summed E-state index contributed by atoms with van der Waals surface area (Å²) in [5, 5.41) is 3.48. The predicted molar refractivity (Wildman–Crippen MR) is 56.4 cm³/mol.